The van der Waals surface area contributed by atoms with E-state index in [4.69, 9.17) is 9.73 Å². The molecule has 3 aliphatic heterocycles. The molecule has 1 aromatic carbocycles. The second kappa shape index (κ2) is 12.9. The van der Waals surface area contributed by atoms with Gasteiger partial charge < -0.3 is 14.7 Å². The Labute approximate surface area is 284 Å². The third-order valence-corrected chi connectivity index (χ3v) is 11.8. The van der Waals surface area contributed by atoms with Gasteiger partial charge in [0, 0.05) is 52.2 Å². The van der Waals surface area contributed by atoms with E-state index in [-0.39, 0.29) is 23.9 Å². The molecule has 1 aliphatic carbocycles. The van der Waals surface area contributed by atoms with E-state index in [0.717, 1.165) is 54.7 Å². The lowest BCUT2D eigenvalue weighted by Gasteiger charge is -2.35. The number of aryl methyl sites for hydroxylation is 1. The van der Waals surface area contributed by atoms with Gasteiger partial charge in [-0.1, -0.05) is 39.7 Å². The van der Waals surface area contributed by atoms with E-state index in [0.29, 0.717) is 11.8 Å². The molecule has 5 atom stereocenters. The van der Waals surface area contributed by atoms with Crippen molar-refractivity contribution in [3.63, 3.8) is 0 Å². The normalized spacial score (nSPS) is 26.9. The third kappa shape index (κ3) is 5.92. The Bertz CT molecular complexity index is 1820. The quantitative estimate of drug-likeness (QED) is 0.185. The first kappa shape index (κ1) is 32.8. The maximum Gasteiger partial charge on any atom is 0.245 e. The molecule has 0 bridgehead atoms. The number of H-pyrrole nitrogens is 2. The molecule has 2 aromatic heterocycles. The molecule has 5 nitrogen and oxygen atoms in total. The fourth-order valence-electron chi connectivity index (χ4n) is 8.93. The summed E-state index contributed by atoms with van der Waals surface area (Å²) in [5.41, 5.74) is 13.7. The van der Waals surface area contributed by atoms with Gasteiger partial charge >= 0.3 is 0 Å². The van der Waals surface area contributed by atoms with Gasteiger partial charge in [-0.15, -0.1) is 0 Å². The van der Waals surface area contributed by atoms with Gasteiger partial charge in [0.05, 0.1) is 30.5 Å². The van der Waals surface area contributed by atoms with Crippen LogP contribution in [0.4, 0.5) is 8.78 Å². The number of hydrogen-bond donors (Lipinski definition) is 2. The predicted octanol–water partition coefficient (Wildman–Crippen LogP) is 9.82. The van der Waals surface area contributed by atoms with Crippen LogP contribution in [-0.2, 0) is 11.8 Å². The number of nitrogens with zero attached hydrogens (tertiary/aromatic N) is 2. The SMILES string of the molecule is CCc1c(C2(C)CCCCC(C3=NC=CCC(C)c4[nH]c(C5=CC6C(CC(F)F)[N+]6=C5)cc43)CC2)[nH]c(-c2ccc(OC)c(C)c2)c1C. The lowest BCUT2D eigenvalue weighted by atomic mass is 9.70. The molecule has 2 fully saturated rings. The van der Waals surface area contributed by atoms with Crippen LogP contribution in [0.15, 0.2) is 47.6 Å². The average molecular weight is 654 g/mol. The highest BCUT2D eigenvalue weighted by Crippen LogP contribution is 2.45. The molecule has 48 heavy (non-hydrogen) atoms. The topological polar surface area (TPSA) is 56.2 Å². The summed E-state index contributed by atoms with van der Waals surface area (Å²) in [4.78, 5) is 12.9. The summed E-state index contributed by atoms with van der Waals surface area (Å²) in [7, 11) is 1.73. The highest BCUT2D eigenvalue weighted by Gasteiger charge is 2.57. The molecule has 1 saturated carbocycles. The van der Waals surface area contributed by atoms with Crippen LogP contribution in [0.25, 0.3) is 16.8 Å². The molecule has 0 spiro atoms. The second-order valence-corrected chi connectivity index (χ2v) is 15.0. The van der Waals surface area contributed by atoms with Crippen LogP contribution < -0.4 is 4.74 Å². The van der Waals surface area contributed by atoms with Crippen molar-refractivity contribution in [1.82, 2.24) is 9.97 Å². The summed E-state index contributed by atoms with van der Waals surface area (Å²) in [5.74, 6) is 1.62. The van der Waals surface area contributed by atoms with Crippen molar-refractivity contribution in [3.05, 3.63) is 82.0 Å². The van der Waals surface area contributed by atoms with Gasteiger partial charge in [0.25, 0.3) is 0 Å². The van der Waals surface area contributed by atoms with Crippen molar-refractivity contribution in [2.24, 2.45) is 10.9 Å². The molecule has 0 amide bonds. The predicted molar refractivity (Wildman–Crippen MR) is 192 cm³/mol. The summed E-state index contributed by atoms with van der Waals surface area (Å²) in [6.07, 6.45) is 14.9. The van der Waals surface area contributed by atoms with Gasteiger partial charge in [-0.25, -0.2) is 13.4 Å². The first-order valence-corrected chi connectivity index (χ1v) is 18.1. The number of hydrogen-bond acceptors (Lipinski definition) is 2. The molecule has 1 saturated heterocycles. The van der Waals surface area contributed by atoms with E-state index >= 15 is 0 Å². The number of halogens is 2. The Balaban J connectivity index is 1.17. The molecular formula is C41H51F2N4O+. The van der Waals surface area contributed by atoms with Crippen molar-refractivity contribution in [2.75, 3.05) is 7.11 Å². The number of allylic oxidation sites excluding steroid dienone is 2. The molecule has 2 N–H and O–H groups in total. The van der Waals surface area contributed by atoms with Crippen molar-refractivity contribution in [1.29, 1.82) is 0 Å². The van der Waals surface area contributed by atoms with Crippen molar-refractivity contribution < 1.29 is 18.1 Å². The highest BCUT2D eigenvalue weighted by atomic mass is 19.3. The van der Waals surface area contributed by atoms with E-state index in [1.807, 2.05) is 6.20 Å². The fraction of sp³-hybridized carbons (Fsp3) is 0.512. The molecular weight excluding hydrogens is 602 g/mol. The minimum absolute atomic E-state index is 0.0415. The van der Waals surface area contributed by atoms with E-state index in [9.17, 15) is 8.78 Å². The van der Waals surface area contributed by atoms with Crippen molar-refractivity contribution in [3.8, 4) is 17.0 Å². The lowest BCUT2D eigenvalue weighted by Crippen LogP contribution is -2.29. The Morgan fingerprint density at radius 3 is 2.65 bits per heavy atom. The molecule has 7 heteroatoms. The summed E-state index contributed by atoms with van der Waals surface area (Å²) in [6.45, 7) is 11.4. The van der Waals surface area contributed by atoms with E-state index in [2.05, 4.69) is 91.8 Å². The summed E-state index contributed by atoms with van der Waals surface area (Å²) in [6, 6.07) is 8.84. The highest BCUT2D eigenvalue weighted by molar-refractivity contribution is 6.11. The number of aromatic amines is 2. The van der Waals surface area contributed by atoms with E-state index < -0.39 is 6.43 Å². The molecule has 7 rings (SSSR count). The monoisotopic (exact) mass is 653 g/mol. The standard InChI is InChI=1S/C41H51F2N4O/c1-7-30-26(4)38(28-13-14-35(48-6)25(3)19-28)46-40(30)41(5)16-9-8-12-27(15-17-41)39-31-21-32(45-37(31)24(2)11-10-18-44-39)29-20-33-34(22-36(42)43)47(33)23-29/h10,13-14,18-21,23-24,27,33-34,36,45-46H,7-9,11-12,15-17,22H2,1-6H3/q+1. The lowest BCUT2D eigenvalue weighted by molar-refractivity contribution is -0.368. The van der Waals surface area contributed by atoms with E-state index in [1.165, 1.54) is 64.3 Å². The number of rotatable bonds is 8. The number of benzene rings is 1. The van der Waals surface area contributed by atoms with Gasteiger partial charge in [-0.05, 0) is 98.9 Å². The van der Waals surface area contributed by atoms with Crippen LogP contribution in [0.5, 0.6) is 5.75 Å². The second-order valence-electron chi connectivity index (χ2n) is 15.0. The molecule has 0 radical (unpaired) electrons. The van der Waals surface area contributed by atoms with Crippen molar-refractivity contribution >= 4 is 17.5 Å². The van der Waals surface area contributed by atoms with Gasteiger partial charge in [0.15, 0.2) is 6.21 Å². The summed E-state index contributed by atoms with van der Waals surface area (Å²) >= 11 is 0. The number of aliphatic imine (C=N–C) groups is 1. The Hall–Kier alpha value is -3.74. The molecule has 254 valence electrons. The van der Waals surface area contributed by atoms with Crippen LogP contribution in [0, 0.1) is 19.8 Å². The Kier molecular flexibility index (Phi) is 8.84. The summed E-state index contributed by atoms with van der Waals surface area (Å²) < 4.78 is 33.7. The first-order valence-electron chi connectivity index (χ1n) is 18.1. The van der Waals surface area contributed by atoms with Crippen LogP contribution in [-0.4, -0.2) is 52.1 Å². The molecule has 4 aliphatic rings. The summed E-state index contributed by atoms with van der Waals surface area (Å²) in [5, 5.41) is 0. The van der Waals surface area contributed by atoms with Gasteiger partial charge in [0.2, 0.25) is 18.5 Å². The van der Waals surface area contributed by atoms with Crippen LogP contribution in [0.1, 0.15) is 117 Å². The zero-order chi connectivity index (χ0) is 33.7. The van der Waals surface area contributed by atoms with Gasteiger partial charge in [-0.2, -0.15) is 0 Å². The smallest absolute Gasteiger partial charge is 0.245 e. The molecule has 5 heterocycles. The Morgan fingerprint density at radius 1 is 1.10 bits per heavy atom. The third-order valence-electron chi connectivity index (χ3n) is 11.8. The number of aromatic nitrogens is 2. The minimum atomic E-state index is -2.26. The molecule has 3 aromatic rings. The maximum atomic E-state index is 13.0. The maximum absolute atomic E-state index is 13.0. The number of methoxy groups -OCH3 is 1. The first-order chi connectivity index (χ1) is 23.1. The zero-order valence-corrected chi connectivity index (χ0v) is 29.4. The van der Waals surface area contributed by atoms with Crippen LogP contribution >= 0.6 is 0 Å². The van der Waals surface area contributed by atoms with Crippen molar-refractivity contribution in [2.45, 2.75) is 122 Å². The Morgan fingerprint density at radius 2 is 1.94 bits per heavy atom. The molecule has 5 unspecified atom stereocenters. The minimum Gasteiger partial charge on any atom is -0.496 e. The number of alkyl halides is 2. The number of ether oxygens (including phenoxy) is 1. The van der Waals surface area contributed by atoms with Gasteiger partial charge in [-0.3, -0.25) is 4.99 Å². The van der Waals surface area contributed by atoms with Crippen LogP contribution in [0.2, 0.25) is 0 Å². The fourth-order valence-corrected chi connectivity index (χ4v) is 8.93. The largest absolute Gasteiger partial charge is 0.496 e. The number of fused-ring (bicyclic) bond motifs is 2. The van der Waals surface area contributed by atoms with Gasteiger partial charge in [0.1, 0.15) is 5.75 Å². The van der Waals surface area contributed by atoms with E-state index in [1.54, 1.807) is 7.11 Å². The number of nitrogens with one attached hydrogen (secondary N) is 2. The average Bonchev–Trinajstić information content (AvgIpc) is 3.45. The zero-order valence-electron chi connectivity index (χ0n) is 29.4. The van der Waals surface area contributed by atoms with Crippen LogP contribution in [0.3, 0.4) is 0 Å².